The quantitative estimate of drug-likeness (QED) is 0.733. The van der Waals surface area contributed by atoms with E-state index in [1.54, 1.807) is 19.5 Å². The Kier molecular flexibility index (Phi) is 3.84. The fourth-order valence-corrected chi connectivity index (χ4v) is 3.30. The van der Waals surface area contributed by atoms with Gasteiger partial charge in [-0.25, -0.2) is 4.98 Å². The van der Waals surface area contributed by atoms with Crippen molar-refractivity contribution in [3.8, 4) is 17.0 Å². The molecule has 4 rings (SSSR count). The average molecular weight is 333 g/mol. The molecule has 3 aromatic rings. The summed E-state index contributed by atoms with van der Waals surface area (Å²) in [6.45, 7) is 2.85. The Balaban J connectivity index is 1.82. The van der Waals surface area contributed by atoms with Crippen LogP contribution in [-0.4, -0.2) is 29.5 Å². The molecule has 0 aliphatic carbocycles. The van der Waals surface area contributed by atoms with Gasteiger partial charge in [-0.1, -0.05) is 6.07 Å². The first-order valence-electron chi connectivity index (χ1n) is 8.37. The maximum atomic E-state index is 12.0. The summed E-state index contributed by atoms with van der Waals surface area (Å²) in [5, 5.41) is 1.09. The zero-order valence-corrected chi connectivity index (χ0v) is 14.3. The Morgan fingerprint density at radius 3 is 2.80 bits per heavy atom. The van der Waals surface area contributed by atoms with Crippen LogP contribution in [0.1, 0.15) is 18.4 Å². The molecule has 2 aromatic heterocycles. The van der Waals surface area contributed by atoms with Crippen LogP contribution in [-0.2, 0) is 4.79 Å². The lowest BCUT2D eigenvalue weighted by molar-refractivity contribution is -0.117. The van der Waals surface area contributed by atoms with Crippen molar-refractivity contribution in [1.82, 2.24) is 9.97 Å². The number of methoxy groups -OCH3 is 1. The highest BCUT2D eigenvalue weighted by atomic mass is 16.5. The molecule has 0 radical (unpaired) electrons. The van der Waals surface area contributed by atoms with Gasteiger partial charge in [0.05, 0.1) is 24.5 Å². The van der Waals surface area contributed by atoms with E-state index in [-0.39, 0.29) is 5.91 Å². The predicted molar refractivity (Wildman–Crippen MR) is 97.9 cm³/mol. The standard InChI is InChI=1S/C20H19N3O2/c1-13-8-18(14-9-16(25-2)12-21-11-14)22-19-10-15(5-6-17(13)19)23-7-3-4-20(23)24/h5-6,8-12H,3-4,7H2,1-2H3. The number of benzene rings is 1. The molecular weight excluding hydrogens is 314 g/mol. The van der Waals surface area contributed by atoms with Gasteiger partial charge in [-0.05, 0) is 43.2 Å². The van der Waals surface area contributed by atoms with E-state index in [1.165, 1.54) is 0 Å². The Hall–Kier alpha value is -2.95. The molecule has 5 nitrogen and oxygen atoms in total. The number of fused-ring (bicyclic) bond motifs is 1. The lowest BCUT2D eigenvalue weighted by Gasteiger charge is -2.16. The minimum Gasteiger partial charge on any atom is -0.495 e. The number of aryl methyl sites for hydroxylation is 1. The van der Waals surface area contributed by atoms with Crippen LogP contribution in [0.4, 0.5) is 5.69 Å². The fraction of sp³-hybridized carbons (Fsp3) is 0.250. The van der Waals surface area contributed by atoms with Crippen LogP contribution in [0.15, 0.2) is 42.7 Å². The van der Waals surface area contributed by atoms with Gasteiger partial charge in [0.15, 0.2) is 0 Å². The molecule has 0 saturated carbocycles. The maximum absolute atomic E-state index is 12.0. The van der Waals surface area contributed by atoms with Gasteiger partial charge in [-0.2, -0.15) is 0 Å². The van der Waals surface area contributed by atoms with Gasteiger partial charge in [0.2, 0.25) is 5.91 Å². The van der Waals surface area contributed by atoms with Crippen LogP contribution in [0.3, 0.4) is 0 Å². The smallest absolute Gasteiger partial charge is 0.227 e. The number of amides is 1. The second kappa shape index (κ2) is 6.16. The lowest BCUT2D eigenvalue weighted by Crippen LogP contribution is -2.23. The van der Waals surface area contributed by atoms with Gasteiger partial charge in [0.1, 0.15) is 5.75 Å². The van der Waals surface area contributed by atoms with Gasteiger partial charge in [-0.3, -0.25) is 9.78 Å². The van der Waals surface area contributed by atoms with Gasteiger partial charge in [-0.15, -0.1) is 0 Å². The SMILES string of the molecule is COc1cncc(-c2cc(C)c3ccc(N4CCCC4=O)cc3n2)c1. The third kappa shape index (κ3) is 2.82. The van der Waals surface area contributed by atoms with Crippen molar-refractivity contribution in [1.29, 1.82) is 0 Å². The predicted octanol–water partition coefficient (Wildman–Crippen LogP) is 3.74. The zero-order chi connectivity index (χ0) is 17.4. The lowest BCUT2D eigenvalue weighted by atomic mass is 10.1. The van der Waals surface area contributed by atoms with E-state index in [2.05, 4.69) is 18.0 Å². The third-order valence-electron chi connectivity index (χ3n) is 4.63. The molecule has 1 aliphatic rings. The van der Waals surface area contributed by atoms with Crippen molar-refractivity contribution in [2.24, 2.45) is 0 Å². The largest absolute Gasteiger partial charge is 0.495 e. The number of nitrogens with zero attached hydrogens (tertiary/aromatic N) is 3. The molecular formula is C20H19N3O2. The molecule has 1 aromatic carbocycles. The Bertz CT molecular complexity index is 968. The number of carbonyl (C=O) groups excluding carboxylic acids is 1. The second-order valence-electron chi connectivity index (χ2n) is 6.29. The van der Waals surface area contributed by atoms with Crippen molar-refractivity contribution < 1.29 is 9.53 Å². The average Bonchev–Trinajstić information content (AvgIpc) is 3.07. The highest BCUT2D eigenvalue weighted by Gasteiger charge is 2.22. The summed E-state index contributed by atoms with van der Waals surface area (Å²) < 4.78 is 5.26. The van der Waals surface area contributed by atoms with Gasteiger partial charge < -0.3 is 9.64 Å². The minimum atomic E-state index is 0.184. The summed E-state index contributed by atoms with van der Waals surface area (Å²) in [6, 6.07) is 10.0. The molecule has 1 amide bonds. The van der Waals surface area contributed by atoms with E-state index >= 15 is 0 Å². The minimum absolute atomic E-state index is 0.184. The van der Waals surface area contributed by atoms with E-state index in [0.717, 1.165) is 46.4 Å². The van der Waals surface area contributed by atoms with E-state index in [9.17, 15) is 4.79 Å². The number of carbonyl (C=O) groups is 1. The van der Waals surface area contributed by atoms with Crippen LogP contribution in [0, 0.1) is 6.92 Å². The van der Waals surface area contributed by atoms with E-state index in [0.29, 0.717) is 12.2 Å². The number of anilines is 1. The molecule has 0 unspecified atom stereocenters. The van der Waals surface area contributed by atoms with E-state index in [1.807, 2.05) is 29.2 Å². The molecule has 1 fully saturated rings. The van der Waals surface area contributed by atoms with Crippen molar-refractivity contribution in [3.63, 3.8) is 0 Å². The monoisotopic (exact) mass is 333 g/mol. The van der Waals surface area contributed by atoms with Crippen molar-refractivity contribution in [3.05, 3.63) is 48.3 Å². The molecule has 126 valence electrons. The first kappa shape index (κ1) is 15.6. The van der Waals surface area contributed by atoms with Crippen LogP contribution in [0.2, 0.25) is 0 Å². The molecule has 0 atom stereocenters. The highest BCUT2D eigenvalue weighted by molar-refractivity contribution is 5.98. The number of hydrogen-bond acceptors (Lipinski definition) is 4. The van der Waals surface area contributed by atoms with Crippen molar-refractivity contribution in [2.75, 3.05) is 18.6 Å². The Morgan fingerprint density at radius 2 is 2.04 bits per heavy atom. The van der Waals surface area contributed by atoms with Crippen LogP contribution in [0.25, 0.3) is 22.2 Å². The molecule has 5 heteroatoms. The Labute approximate surface area is 146 Å². The number of rotatable bonds is 3. The summed E-state index contributed by atoms with van der Waals surface area (Å²) in [4.78, 5) is 22.9. The molecule has 1 aliphatic heterocycles. The van der Waals surface area contributed by atoms with Crippen molar-refractivity contribution in [2.45, 2.75) is 19.8 Å². The third-order valence-corrected chi connectivity index (χ3v) is 4.63. The molecule has 0 N–H and O–H groups in total. The van der Waals surface area contributed by atoms with Gasteiger partial charge >= 0.3 is 0 Å². The number of ether oxygens (including phenoxy) is 1. The molecule has 25 heavy (non-hydrogen) atoms. The Morgan fingerprint density at radius 1 is 1.16 bits per heavy atom. The van der Waals surface area contributed by atoms with Gasteiger partial charge in [0, 0.05) is 35.8 Å². The number of pyridine rings is 2. The number of aromatic nitrogens is 2. The molecule has 0 bridgehead atoms. The van der Waals surface area contributed by atoms with E-state index < -0.39 is 0 Å². The molecule has 3 heterocycles. The summed E-state index contributed by atoms with van der Waals surface area (Å²) in [7, 11) is 1.62. The fourth-order valence-electron chi connectivity index (χ4n) is 3.30. The second-order valence-corrected chi connectivity index (χ2v) is 6.29. The normalized spacial score (nSPS) is 14.3. The topological polar surface area (TPSA) is 55.3 Å². The van der Waals surface area contributed by atoms with Crippen LogP contribution < -0.4 is 9.64 Å². The first-order chi connectivity index (χ1) is 12.2. The van der Waals surface area contributed by atoms with Crippen LogP contribution >= 0.6 is 0 Å². The first-order valence-corrected chi connectivity index (χ1v) is 8.37. The molecule has 1 saturated heterocycles. The van der Waals surface area contributed by atoms with E-state index in [4.69, 9.17) is 9.72 Å². The van der Waals surface area contributed by atoms with Gasteiger partial charge in [0.25, 0.3) is 0 Å². The van der Waals surface area contributed by atoms with Crippen LogP contribution in [0.5, 0.6) is 5.75 Å². The zero-order valence-electron chi connectivity index (χ0n) is 14.3. The molecule has 0 spiro atoms. The highest BCUT2D eigenvalue weighted by Crippen LogP contribution is 2.30. The summed E-state index contributed by atoms with van der Waals surface area (Å²) in [5.41, 5.74) is 4.70. The van der Waals surface area contributed by atoms with Crippen molar-refractivity contribution >= 4 is 22.5 Å². The summed E-state index contributed by atoms with van der Waals surface area (Å²) in [5.74, 6) is 0.887. The summed E-state index contributed by atoms with van der Waals surface area (Å²) in [6.07, 6.45) is 5.00. The summed E-state index contributed by atoms with van der Waals surface area (Å²) >= 11 is 0. The maximum Gasteiger partial charge on any atom is 0.227 e. The number of hydrogen-bond donors (Lipinski definition) is 0.